The van der Waals surface area contributed by atoms with Gasteiger partial charge in [0.25, 0.3) is 5.91 Å². The third-order valence-corrected chi connectivity index (χ3v) is 3.86. The molecule has 0 aromatic heterocycles. The van der Waals surface area contributed by atoms with Crippen molar-refractivity contribution in [1.29, 1.82) is 0 Å². The first-order chi connectivity index (χ1) is 11.8. The van der Waals surface area contributed by atoms with Crippen molar-refractivity contribution >= 4 is 16.7 Å². The molecular weight excluding hydrogens is 298 g/mol. The Kier molecular flexibility index (Phi) is 5.12. The van der Waals surface area contributed by atoms with Crippen molar-refractivity contribution in [1.82, 2.24) is 5.32 Å². The molecule has 1 amide bonds. The average Bonchev–Trinajstić information content (AvgIpc) is 2.64. The number of hydrogen-bond donors (Lipinski definition) is 1. The van der Waals surface area contributed by atoms with Gasteiger partial charge in [0.15, 0.2) is 0 Å². The summed E-state index contributed by atoms with van der Waals surface area (Å²) >= 11 is 0. The third-order valence-electron chi connectivity index (χ3n) is 3.86. The first-order valence-corrected chi connectivity index (χ1v) is 8.25. The Morgan fingerprint density at radius 2 is 1.75 bits per heavy atom. The van der Waals surface area contributed by atoms with E-state index in [4.69, 9.17) is 4.74 Å². The highest BCUT2D eigenvalue weighted by Gasteiger charge is 2.11. The molecule has 3 heteroatoms. The van der Waals surface area contributed by atoms with Gasteiger partial charge in [0.05, 0.1) is 0 Å². The van der Waals surface area contributed by atoms with Gasteiger partial charge >= 0.3 is 0 Å². The van der Waals surface area contributed by atoms with Crippen molar-refractivity contribution < 1.29 is 9.53 Å². The van der Waals surface area contributed by atoms with Gasteiger partial charge in [-0.3, -0.25) is 4.79 Å². The number of ether oxygens (including phenoxy) is 1. The molecule has 0 atom stereocenters. The van der Waals surface area contributed by atoms with E-state index < -0.39 is 0 Å². The second kappa shape index (κ2) is 7.64. The van der Waals surface area contributed by atoms with Crippen LogP contribution in [0.25, 0.3) is 10.8 Å². The molecule has 0 bridgehead atoms. The molecular formula is C21H21NO2. The summed E-state index contributed by atoms with van der Waals surface area (Å²) in [7, 11) is 0. The fourth-order valence-electron chi connectivity index (χ4n) is 2.60. The molecule has 0 fully saturated rings. The Hall–Kier alpha value is -2.81. The largest absolute Gasteiger partial charge is 0.488 e. The minimum Gasteiger partial charge on any atom is -0.488 e. The molecule has 3 aromatic carbocycles. The SMILES string of the molecule is CCCNC(=O)c1cc(OCc2ccccc2)c2ccccc2c1. The predicted octanol–water partition coefficient (Wildman–Crippen LogP) is 4.56. The number of fused-ring (bicyclic) bond motifs is 1. The molecule has 3 aromatic rings. The van der Waals surface area contributed by atoms with Crippen LogP contribution < -0.4 is 10.1 Å². The van der Waals surface area contributed by atoms with Crippen LogP contribution in [0.5, 0.6) is 5.75 Å². The number of hydrogen-bond acceptors (Lipinski definition) is 2. The van der Waals surface area contributed by atoms with Crippen LogP contribution in [0.4, 0.5) is 0 Å². The average molecular weight is 319 g/mol. The van der Waals surface area contributed by atoms with E-state index in [9.17, 15) is 4.79 Å². The second-order valence-corrected chi connectivity index (χ2v) is 5.73. The fourth-order valence-corrected chi connectivity index (χ4v) is 2.60. The number of benzene rings is 3. The van der Waals surface area contributed by atoms with Crippen molar-refractivity contribution in [3.05, 3.63) is 77.9 Å². The first-order valence-electron chi connectivity index (χ1n) is 8.25. The minimum atomic E-state index is -0.0628. The number of carbonyl (C=O) groups is 1. The summed E-state index contributed by atoms with van der Waals surface area (Å²) in [5, 5.41) is 4.94. The zero-order valence-corrected chi connectivity index (χ0v) is 13.8. The zero-order valence-electron chi connectivity index (χ0n) is 13.8. The van der Waals surface area contributed by atoms with Crippen molar-refractivity contribution in [3.63, 3.8) is 0 Å². The highest BCUT2D eigenvalue weighted by atomic mass is 16.5. The molecule has 24 heavy (non-hydrogen) atoms. The fraction of sp³-hybridized carbons (Fsp3) is 0.190. The quantitative estimate of drug-likeness (QED) is 0.723. The summed E-state index contributed by atoms with van der Waals surface area (Å²) in [6, 6.07) is 21.7. The van der Waals surface area contributed by atoms with Crippen molar-refractivity contribution in [2.24, 2.45) is 0 Å². The zero-order chi connectivity index (χ0) is 16.8. The summed E-state index contributed by atoms with van der Waals surface area (Å²) in [5.41, 5.74) is 1.73. The summed E-state index contributed by atoms with van der Waals surface area (Å²) in [4.78, 5) is 12.3. The molecule has 0 unspecified atom stereocenters. The Labute approximate surface area is 142 Å². The highest BCUT2D eigenvalue weighted by molar-refractivity contribution is 6.00. The minimum absolute atomic E-state index is 0.0628. The van der Waals surface area contributed by atoms with Gasteiger partial charge in [0.1, 0.15) is 12.4 Å². The number of carbonyl (C=O) groups excluding carboxylic acids is 1. The van der Waals surface area contributed by atoms with E-state index >= 15 is 0 Å². The Morgan fingerprint density at radius 3 is 2.54 bits per heavy atom. The molecule has 0 saturated heterocycles. The lowest BCUT2D eigenvalue weighted by atomic mass is 10.1. The van der Waals surface area contributed by atoms with E-state index in [1.165, 1.54) is 0 Å². The molecule has 0 aliphatic rings. The molecule has 1 N–H and O–H groups in total. The molecule has 0 aliphatic carbocycles. The molecule has 0 heterocycles. The topological polar surface area (TPSA) is 38.3 Å². The molecule has 3 nitrogen and oxygen atoms in total. The van der Waals surface area contributed by atoms with Crippen LogP contribution in [0.3, 0.4) is 0 Å². The van der Waals surface area contributed by atoms with Crippen molar-refractivity contribution in [2.75, 3.05) is 6.54 Å². The molecule has 122 valence electrons. The van der Waals surface area contributed by atoms with E-state index in [0.29, 0.717) is 18.7 Å². The lowest BCUT2D eigenvalue weighted by Crippen LogP contribution is -2.23. The van der Waals surface area contributed by atoms with Crippen LogP contribution in [0.15, 0.2) is 66.7 Å². The molecule has 0 spiro atoms. The van der Waals surface area contributed by atoms with Gasteiger partial charge in [0, 0.05) is 17.5 Å². The van der Waals surface area contributed by atoms with Gasteiger partial charge in [-0.1, -0.05) is 61.5 Å². The van der Waals surface area contributed by atoms with Crippen LogP contribution in [-0.4, -0.2) is 12.5 Å². The summed E-state index contributed by atoms with van der Waals surface area (Å²) in [5.74, 6) is 0.672. The van der Waals surface area contributed by atoms with E-state index in [-0.39, 0.29) is 5.91 Å². The molecule has 3 rings (SSSR count). The van der Waals surface area contributed by atoms with Gasteiger partial charge in [-0.15, -0.1) is 0 Å². The van der Waals surface area contributed by atoms with Gasteiger partial charge in [-0.25, -0.2) is 0 Å². The summed E-state index contributed by atoms with van der Waals surface area (Å²) < 4.78 is 6.02. The third kappa shape index (κ3) is 3.74. The Balaban J connectivity index is 1.91. The lowest BCUT2D eigenvalue weighted by Gasteiger charge is -2.12. The van der Waals surface area contributed by atoms with Crippen molar-refractivity contribution in [2.45, 2.75) is 20.0 Å². The van der Waals surface area contributed by atoms with Crippen LogP contribution >= 0.6 is 0 Å². The highest BCUT2D eigenvalue weighted by Crippen LogP contribution is 2.28. The van der Waals surface area contributed by atoms with E-state index in [1.54, 1.807) is 0 Å². The summed E-state index contributed by atoms with van der Waals surface area (Å²) in [6.07, 6.45) is 0.913. The number of rotatable bonds is 6. The second-order valence-electron chi connectivity index (χ2n) is 5.73. The Morgan fingerprint density at radius 1 is 1.00 bits per heavy atom. The maximum absolute atomic E-state index is 12.3. The van der Waals surface area contributed by atoms with E-state index in [0.717, 1.165) is 28.5 Å². The monoisotopic (exact) mass is 319 g/mol. The standard InChI is InChI=1S/C21H21NO2/c1-2-12-22-21(23)18-13-17-10-6-7-11-19(17)20(14-18)24-15-16-8-4-3-5-9-16/h3-11,13-14H,2,12,15H2,1H3,(H,22,23). The van der Waals surface area contributed by atoms with Crippen LogP contribution in [0, 0.1) is 0 Å². The molecule has 0 radical (unpaired) electrons. The molecule has 0 aliphatic heterocycles. The predicted molar refractivity (Wildman–Crippen MR) is 97.3 cm³/mol. The van der Waals surface area contributed by atoms with Gasteiger partial charge < -0.3 is 10.1 Å². The molecule has 0 saturated carbocycles. The van der Waals surface area contributed by atoms with Gasteiger partial charge in [-0.2, -0.15) is 0 Å². The first kappa shape index (κ1) is 16.1. The summed E-state index contributed by atoms with van der Waals surface area (Å²) in [6.45, 7) is 3.19. The van der Waals surface area contributed by atoms with Crippen LogP contribution in [0.2, 0.25) is 0 Å². The Bertz CT molecular complexity index is 828. The maximum Gasteiger partial charge on any atom is 0.251 e. The number of amides is 1. The van der Waals surface area contributed by atoms with Crippen LogP contribution in [0.1, 0.15) is 29.3 Å². The van der Waals surface area contributed by atoms with Crippen LogP contribution in [-0.2, 0) is 6.61 Å². The normalized spacial score (nSPS) is 10.5. The van der Waals surface area contributed by atoms with Gasteiger partial charge in [-0.05, 0) is 29.5 Å². The maximum atomic E-state index is 12.3. The van der Waals surface area contributed by atoms with E-state index in [1.807, 2.05) is 73.7 Å². The van der Waals surface area contributed by atoms with E-state index in [2.05, 4.69) is 5.32 Å². The lowest BCUT2D eigenvalue weighted by molar-refractivity contribution is 0.0953. The van der Waals surface area contributed by atoms with Crippen molar-refractivity contribution in [3.8, 4) is 5.75 Å². The smallest absolute Gasteiger partial charge is 0.251 e. The van der Waals surface area contributed by atoms with Gasteiger partial charge in [0.2, 0.25) is 0 Å². The number of nitrogens with one attached hydrogen (secondary N) is 1.